The molecule has 1 aliphatic heterocycles. The van der Waals surface area contributed by atoms with E-state index in [1.807, 2.05) is 19.2 Å². The van der Waals surface area contributed by atoms with Gasteiger partial charge in [-0.15, -0.1) is 0 Å². The van der Waals surface area contributed by atoms with Crippen molar-refractivity contribution in [2.24, 2.45) is 12.5 Å². The highest BCUT2D eigenvalue weighted by Crippen LogP contribution is 2.47. The van der Waals surface area contributed by atoms with Crippen molar-refractivity contribution in [2.45, 2.75) is 32.1 Å². The van der Waals surface area contributed by atoms with Crippen LogP contribution in [0.5, 0.6) is 0 Å². The van der Waals surface area contributed by atoms with E-state index in [-0.39, 0.29) is 5.82 Å². The minimum atomic E-state index is -0.246. The van der Waals surface area contributed by atoms with Crippen LogP contribution in [0.15, 0.2) is 36.7 Å². The first kappa shape index (κ1) is 18.3. The monoisotopic (exact) mass is 391 g/mol. The zero-order valence-electron chi connectivity index (χ0n) is 16.7. The molecule has 0 unspecified atom stereocenters. The average Bonchev–Trinajstić information content (AvgIpc) is 3.04. The van der Waals surface area contributed by atoms with Gasteiger partial charge in [0.15, 0.2) is 0 Å². The highest BCUT2D eigenvalue weighted by Gasteiger charge is 2.35. The lowest BCUT2D eigenvalue weighted by Gasteiger charge is -2.40. The van der Waals surface area contributed by atoms with Crippen LogP contribution in [-0.2, 0) is 7.05 Å². The smallest absolute Gasteiger partial charge is 0.146 e. The van der Waals surface area contributed by atoms with Crippen LogP contribution in [0.1, 0.15) is 37.8 Å². The van der Waals surface area contributed by atoms with Crippen LogP contribution in [0.4, 0.5) is 10.2 Å². The van der Waals surface area contributed by atoms with Crippen LogP contribution in [-0.4, -0.2) is 27.6 Å². The molecule has 0 bridgehead atoms. The molecule has 1 aromatic carbocycles. The summed E-state index contributed by atoms with van der Waals surface area (Å²) in [6, 6.07) is 6.63. The number of nitrogen functional groups attached to an aromatic ring is 1. The van der Waals surface area contributed by atoms with E-state index in [0.29, 0.717) is 11.2 Å². The van der Waals surface area contributed by atoms with Crippen molar-refractivity contribution >= 4 is 22.4 Å². The fraction of sp³-hybridized carbons (Fsp3) is 0.391. The zero-order chi connectivity index (χ0) is 20.0. The number of aromatic nitrogens is 3. The molecule has 3 heterocycles. The number of benzene rings is 1. The quantitative estimate of drug-likeness (QED) is 0.684. The van der Waals surface area contributed by atoms with Crippen LogP contribution in [0.2, 0.25) is 0 Å². The maximum Gasteiger partial charge on any atom is 0.146 e. The van der Waals surface area contributed by atoms with E-state index in [2.05, 4.69) is 25.9 Å². The third kappa shape index (κ3) is 3.02. The number of anilines is 1. The lowest BCUT2D eigenvalue weighted by atomic mass is 9.68. The second-order valence-corrected chi connectivity index (χ2v) is 8.43. The van der Waals surface area contributed by atoms with E-state index in [0.717, 1.165) is 53.8 Å². The maximum absolute atomic E-state index is 13.6. The van der Waals surface area contributed by atoms with Crippen LogP contribution in [0.25, 0.3) is 27.7 Å². The standard InChI is InChI=1S/C23H26FN5/c1-29-20(16-6-8-23(9-7-16)10-12-26-13-11-23)18(15-2-4-17(24)5-3-15)19-21(25)27-14-28-22(19)29/h2-6,14,26H,7-13H2,1H3,(H2,25,27,28). The summed E-state index contributed by atoms with van der Waals surface area (Å²) in [5.74, 6) is 0.215. The van der Waals surface area contributed by atoms with Crippen molar-refractivity contribution < 1.29 is 4.39 Å². The van der Waals surface area contributed by atoms with E-state index < -0.39 is 0 Å². The Bertz CT molecular complexity index is 1090. The number of nitrogens with one attached hydrogen (secondary N) is 1. The number of allylic oxidation sites excluding steroid dienone is 2. The molecule has 2 aromatic heterocycles. The fourth-order valence-electron chi connectivity index (χ4n) is 5.12. The molecule has 0 amide bonds. The molecule has 5 nitrogen and oxygen atoms in total. The van der Waals surface area contributed by atoms with E-state index in [1.165, 1.54) is 43.3 Å². The summed E-state index contributed by atoms with van der Waals surface area (Å²) in [6.07, 6.45) is 9.76. The number of hydrogen-bond donors (Lipinski definition) is 2. The number of fused-ring (bicyclic) bond motifs is 1. The number of nitrogens with zero attached hydrogens (tertiary/aromatic N) is 3. The van der Waals surface area contributed by atoms with Gasteiger partial charge in [0.25, 0.3) is 0 Å². The second-order valence-electron chi connectivity index (χ2n) is 8.43. The zero-order valence-corrected chi connectivity index (χ0v) is 16.7. The molecule has 3 N–H and O–H groups in total. The Morgan fingerprint density at radius 1 is 1.10 bits per heavy atom. The molecule has 0 saturated carbocycles. The van der Waals surface area contributed by atoms with Gasteiger partial charge in [0.05, 0.1) is 11.1 Å². The van der Waals surface area contributed by atoms with Crippen molar-refractivity contribution in [2.75, 3.05) is 18.8 Å². The summed E-state index contributed by atoms with van der Waals surface area (Å²) in [5.41, 5.74) is 11.9. The maximum atomic E-state index is 13.6. The summed E-state index contributed by atoms with van der Waals surface area (Å²) in [6.45, 7) is 2.23. The predicted molar refractivity (Wildman–Crippen MR) is 115 cm³/mol. The van der Waals surface area contributed by atoms with Gasteiger partial charge in [-0.3, -0.25) is 0 Å². The number of aryl methyl sites for hydroxylation is 1. The summed E-state index contributed by atoms with van der Waals surface area (Å²) in [5, 5.41) is 4.33. The molecule has 0 radical (unpaired) electrons. The van der Waals surface area contributed by atoms with E-state index in [1.54, 1.807) is 0 Å². The first-order valence-corrected chi connectivity index (χ1v) is 10.3. The molecule has 0 atom stereocenters. The number of rotatable bonds is 2. The normalized spacial score (nSPS) is 18.9. The van der Waals surface area contributed by atoms with Gasteiger partial charge in [-0.1, -0.05) is 18.2 Å². The molecule has 1 aliphatic carbocycles. The summed E-state index contributed by atoms with van der Waals surface area (Å²) in [4.78, 5) is 8.74. The molecular weight excluding hydrogens is 365 g/mol. The van der Waals surface area contributed by atoms with E-state index >= 15 is 0 Å². The number of hydrogen-bond acceptors (Lipinski definition) is 4. The van der Waals surface area contributed by atoms with Crippen LogP contribution in [0, 0.1) is 11.2 Å². The Morgan fingerprint density at radius 3 is 2.55 bits per heavy atom. The number of piperidine rings is 1. The van der Waals surface area contributed by atoms with Gasteiger partial charge in [0.2, 0.25) is 0 Å². The molecule has 29 heavy (non-hydrogen) atoms. The minimum Gasteiger partial charge on any atom is -0.383 e. The first-order valence-electron chi connectivity index (χ1n) is 10.3. The van der Waals surface area contributed by atoms with E-state index in [4.69, 9.17) is 5.73 Å². The molecule has 1 spiro atoms. The van der Waals surface area contributed by atoms with Crippen molar-refractivity contribution in [3.05, 3.63) is 48.2 Å². The van der Waals surface area contributed by atoms with Crippen molar-refractivity contribution in [3.63, 3.8) is 0 Å². The minimum absolute atomic E-state index is 0.246. The van der Waals surface area contributed by atoms with Gasteiger partial charge in [-0.05, 0) is 73.9 Å². The molecule has 3 aromatic rings. The highest BCUT2D eigenvalue weighted by molar-refractivity contribution is 6.05. The Morgan fingerprint density at radius 2 is 1.86 bits per heavy atom. The molecule has 1 fully saturated rings. The molecular formula is C23H26FN5. The van der Waals surface area contributed by atoms with Crippen molar-refractivity contribution in [3.8, 4) is 11.1 Å². The average molecular weight is 391 g/mol. The first-order chi connectivity index (χ1) is 14.1. The van der Waals surface area contributed by atoms with Gasteiger partial charge >= 0.3 is 0 Å². The Labute approximate surface area is 169 Å². The van der Waals surface area contributed by atoms with Crippen LogP contribution >= 0.6 is 0 Å². The molecule has 5 rings (SSSR count). The number of nitrogens with two attached hydrogens (primary N) is 1. The topological polar surface area (TPSA) is 68.8 Å². The molecule has 6 heteroatoms. The molecule has 2 aliphatic rings. The SMILES string of the molecule is Cn1c(C2=CCC3(CCNCC3)CC2)c(-c2ccc(F)cc2)c2c(N)ncnc21. The third-order valence-corrected chi connectivity index (χ3v) is 6.80. The lowest BCUT2D eigenvalue weighted by molar-refractivity contribution is 0.184. The Balaban J connectivity index is 1.68. The van der Waals surface area contributed by atoms with Gasteiger partial charge in [0.1, 0.15) is 23.6 Å². The highest BCUT2D eigenvalue weighted by atomic mass is 19.1. The lowest BCUT2D eigenvalue weighted by Crippen LogP contribution is -2.37. The fourth-order valence-corrected chi connectivity index (χ4v) is 5.12. The largest absolute Gasteiger partial charge is 0.383 e. The van der Waals surface area contributed by atoms with Crippen LogP contribution in [0.3, 0.4) is 0 Å². The van der Waals surface area contributed by atoms with Crippen molar-refractivity contribution in [1.29, 1.82) is 0 Å². The Hall–Kier alpha value is -2.73. The molecule has 1 saturated heterocycles. The predicted octanol–water partition coefficient (Wildman–Crippen LogP) is 4.29. The second kappa shape index (κ2) is 6.95. The Kier molecular flexibility index (Phi) is 4.39. The van der Waals surface area contributed by atoms with Gasteiger partial charge in [-0.25, -0.2) is 14.4 Å². The van der Waals surface area contributed by atoms with Crippen molar-refractivity contribution in [1.82, 2.24) is 19.9 Å². The molecule has 150 valence electrons. The van der Waals surface area contributed by atoms with Crippen LogP contribution < -0.4 is 11.1 Å². The number of halogens is 1. The third-order valence-electron chi connectivity index (χ3n) is 6.80. The summed E-state index contributed by atoms with van der Waals surface area (Å²) in [7, 11) is 2.03. The van der Waals surface area contributed by atoms with Gasteiger partial charge < -0.3 is 15.6 Å². The van der Waals surface area contributed by atoms with E-state index in [9.17, 15) is 4.39 Å². The van der Waals surface area contributed by atoms with Gasteiger partial charge in [-0.2, -0.15) is 0 Å². The van der Waals surface area contributed by atoms with Gasteiger partial charge in [0, 0.05) is 12.6 Å². The summed E-state index contributed by atoms with van der Waals surface area (Å²) >= 11 is 0. The summed E-state index contributed by atoms with van der Waals surface area (Å²) < 4.78 is 15.7.